The molecule has 0 N–H and O–H groups in total. The molecule has 0 saturated carbocycles. The Kier molecular flexibility index (Phi) is 3.57. The molecule has 0 atom stereocenters. The van der Waals surface area contributed by atoms with Gasteiger partial charge in [-0.1, -0.05) is 0 Å². The number of aromatic nitrogens is 1. The van der Waals surface area contributed by atoms with Crippen molar-refractivity contribution < 1.29 is 13.2 Å². The van der Waals surface area contributed by atoms with Gasteiger partial charge in [-0.3, -0.25) is 4.79 Å². The summed E-state index contributed by atoms with van der Waals surface area (Å²) in [4.78, 5) is 10.6. The van der Waals surface area contributed by atoms with Crippen molar-refractivity contribution in [3.8, 4) is 0 Å². The lowest BCUT2D eigenvalue weighted by atomic mass is 10.3. The van der Waals surface area contributed by atoms with Crippen molar-refractivity contribution in [2.45, 2.75) is 32.1 Å². The molecule has 5 heteroatoms. The number of hydrogen-bond acceptors (Lipinski definition) is 3. The van der Waals surface area contributed by atoms with E-state index in [2.05, 4.69) is 0 Å². The number of nitrogens with zero attached hydrogens (tertiary/aromatic N) is 1. The fourth-order valence-corrected chi connectivity index (χ4v) is 2.31. The maximum Gasteiger partial charge on any atom is 0.166 e. The molecule has 0 fully saturated rings. The van der Waals surface area contributed by atoms with Crippen LogP contribution >= 0.6 is 0 Å². The van der Waals surface area contributed by atoms with Crippen molar-refractivity contribution >= 4 is 16.1 Å². The van der Waals surface area contributed by atoms with Crippen LogP contribution in [0, 0.1) is 0 Å². The van der Waals surface area contributed by atoms with E-state index in [1.54, 1.807) is 43.7 Å². The monoisotopic (exact) mass is 243 g/mol. The van der Waals surface area contributed by atoms with Gasteiger partial charge in [0.05, 0.1) is 16.2 Å². The minimum atomic E-state index is -3.14. The summed E-state index contributed by atoms with van der Waals surface area (Å²) in [7, 11) is -3.14. The highest BCUT2D eigenvalue weighted by molar-refractivity contribution is 7.92. The van der Waals surface area contributed by atoms with Crippen LogP contribution in [-0.2, 0) is 16.4 Å². The molecule has 1 aromatic heterocycles. The predicted octanol–water partition coefficient (Wildman–Crippen LogP) is 1.51. The predicted molar refractivity (Wildman–Crippen MR) is 63.4 cm³/mol. The maximum absolute atomic E-state index is 11.8. The zero-order chi connectivity index (χ0) is 12.4. The first-order valence-corrected chi connectivity index (χ1v) is 6.76. The van der Waals surface area contributed by atoms with Gasteiger partial charge < -0.3 is 4.57 Å². The molecule has 0 unspecified atom stereocenters. The molecule has 90 valence electrons. The third-order valence-corrected chi connectivity index (χ3v) is 5.11. The standard InChI is InChI=1S/C11H17NO3S/c1-11(2,3)16(14,15)8-7-12-6-4-5-10(12)9-13/h4-6,9H,7-8H2,1-3H3. The van der Waals surface area contributed by atoms with Crippen molar-refractivity contribution in [1.82, 2.24) is 4.57 Å². The summed E-state index contributed by atoms with van der Waals surface area (Å²) in [6.45, 7) is 5.36. The largest absolute Gasteiger partial charge is 0.344 e. The molecule has 0 aliphatic carbocycles. The van der Waals surface area contributed by atoms with Crippen LogP contribution in [0.15, 0.2) is 18.3 Å². The smallest absolute Gasteiger partial charge is 0.166 e. The zero-order valence-electron chi connectivity index (χ0n) is 9.80. The quantitative estimate of drug-likeness (QED) is 0.753. The topological polar surface area (TPSA) is 56.1 Å². The normalized spacial score (nSPS) is 12.7. The SMILES string of the molecule is CC(C)(C)S(=O)(=O)CCn1cccc1C=O. The van der Waals surface area contributed by atoms with Gasteiger partial charge in [0.15, 0.2) is 16.1 Å². The van der Waals surface area contributed by atoms with Crippen molar-refractivity contribution in [1.29, 1.82) is 0 Å². The van der Waals surface area contributed by atoms with Crippen LogP contribution in [0.1, 0.15) is 31.3 Å². The molecule has 4 nitrogen and oxygen atoms in total. The number of sulfone groups is 1. The summed E-state index contributed by atoms with van der Waals surface area (Å²) in [6, 6.07) is 3.39. The molecule has 0 radical (unpaired) electrons. The molecule has 0 aliphatic heterocycles. The summed E-state index contributed by atoms with van der Waals surface area (Å²) in [5, 5.41) is 0. The number of aryl methyl sites for hydroxylation is 1. The molecule has 0 amide bonds. The van der Waals surface area contributed by atoms with Crippen molar-refractivity contribution in [2.24, 2.45) is 0 Å². The lowest BCUT2D eigenvalue weighted by Crippen LogP contribution is -2.32. The first kappa shape index (κ1) is 13.0. The average Bonchev–Trinajstić information content (AvgIpc) is 2.60. The van der Waals surface area contributed by atoms with E-state index in [0.717, 1.165) is 6.29 Å². The number of carbonyl (C=O) groups is 1. The van der Waals surface area contributed by atoms with Crippen molar-refractivity contribution in [3.63, 3.8) is 0 Å². The van der Waals surface area contributed by atoms with Gasteiger partial charge in [0.1, 0.15) is 0 Å². The lowest BCUT2D eigenvalue weighted by molar-refractivity contribution is 0.111. The van der Waals surface area contributed by atoms with E-state index in [-0.39, 0.29) is 5.75 Å². The molecule has 1 aromatic rings. The van der Waals surface area contributed by atoms with Crippen molar-refractivity contribution in [3.05, 3.63) is 24.0 Å². The summed E-state index contributed by atoms with van der Waals surface area (Å²) in [5.41, 5.74) is 0.504. The second-order valence-electron chi connectivity index (χ2n) is 4.68. The van der Waals surface area contributed by atoms with E-state index in [1.165, 1.54) is 0 Å². The summed E-state index contributed by atoms with van der Waals surface area (Å²) >= 11 is 0. The fourth-order valence-electron chi connectivity index (χ4n) is 1.26. The highest BCUT2D eigenvalue weighted by Crippen LogP contribution is 2.16. The second kappa shape index (κ2) is 4.41. The Balaban J connectivity index is 2.77. The molecule has 1 rings (SSSR count). The number of hydrogen-bond donors (Lipinski definition) is 0. The van der Waals surface area contributed by atoms with E-state index in [1.807, 2.05) is 0 Å². The number of rotatable bonds is 4. The first-order valence-electron chi connectivity index (χ1n) is 5.10. The Morgan fingerprint density at radius 3 is 2.50 bits per heavy atom. The van der Waals surface area contributed by atoms with Gasteiger partial charge in [-0.25, -0.2) is 8.42 Å². The Morgan fingerprint density at radius 2 is 2.00 bits per heavy atom. The summed E-state index contributed by atoms with van der Waals surface area (Å²) < 4.78 is 24.6. The Hall–Kier alpha value is -1.10. The van der Waals surface area contributed by atoms with Gasteiger partial charge in [0.2, 0.25) is 0 Å². The van der Waals surface area contributed by atoms with E-state index in [0.29, 0.717) is 12.2 Å². The fraction of sp³-hybridized carbons (Fsp3) is 0.545. The van der Waals surface area contributed by atoms with Gasteiger partial charge in [0.25, 0.3) is 0 Å². The third kappa shape index (κ3) is 2.72. The van der Waals surface area contributed by atoms with Crippen LogP contribution < -0.4 is 0 Å². The van der Waals surface area contributed by atoms with E-state index in [9.17, 15) is 13.2 Å². The Morgan fingerprint density at radius 1 is 1.38 bits per heavy atom. The molecule has 0 saturated heterocycles. The Bertz CT molecular complexity index is 466. The van der Waals surface area contributed by atoms with Crippen LogP contribution in [0.5, 0.6) is 0 Å². The molecule has 0 bridgehead atoms. The zero-order valence-corrected chi connectivity index (χ0v) is 10.6. The van der Waals surface area contributed by atoms with Gasteiger partial charge >= 0.3 is 0 Å². The van der Waals surface area contributed by atoms with Gasteiger partial charge in [-0.05, 0) is 32.9 Å². The van der Waals surface area contributed by atoms with Crippen LogP contribution in [0.25, 0.3) is 0 Å². The van der Waals surface area contributed by atoms with Gasteiger partial charge in [0, 0.05) is 12.7 Å². The van der Waals surface area contributed by atoms with Crippen molar-refractivity contribution in [2.75, 3.05) is 5.75 Å². The van der Waals surface area contributed by atoms with Gasteiger partial charge in [-0.2, -0.15) is 0 Å². The molecule has 0 spiro atoms. The molecule has 0 aliphatic rings. The highest BCUT2D eigenvalue weighted by atomic mass is 32.2. The van der Waals surface area contributed by atoms with Crippen LogP contribution in [0.4, 0.5) is 0 Å². The van der Waals surface area contributed by atoms with Crippen LogP contribution in [-0.4, -0.2) is 29.8 Å². The minimum absolute atomic E-state index is 0.0476. The molecular weight excluding hydrogens is 226 g/mol. The second-order valence-corrected chi connectivity index (χ2v) is 7.54. The van der Waals surface area contributed by atoms with E-state index in [4.69, 9.17) is 0 Å². The molecular formula is C11H17NO3S. The molecule has 0 aromatic carbocycles. The highest BCUT2D eigenvalue weighted by Gasteiger charge is 2.28. The maximum atomic E-state index is 11.8. The Labute approximate surface area is 96.2 Å². The molecule has 16 heavy (non-hydrogen) atoms. The third-order valence-electron chi connectivity index (χ3n) is 2.52. The lowest BCUT2D eigenvalue weighted by Gasteiger charge is -2.19. The number of aldehydes is 1. The van der Waals surface area contributed by atoms with E-state index < -0.39 is 14.6 Å². The summed E-state index contributed by atoms with van der Waals surface area (Å²) in [6.07, 6.45) is 2.44. The van der Waals surface area contributed by atoms with E-state index >= 15 is 0 Å². The molecule has 1 heterocycles. The van der Waals surface area contributed by atoms with Crippen LogP contribution in [0.3, 0.4) is 0 Å². The first-order chi connectivity index (χ1) is 7.28. The van der Waals surface area contributed by atoms with Gasteiger partial charge in [-0.15, -0.1) is 0 Å². The number of carbonyl (C=O) groups excluding carboxylic acids is 1. The average molecular weight is 243 g/mol. The summed E-state index contributed by atoms with van der Waals surface area (Å²) in [5.74, 6) is 0.0476. The van der Waals surface area contributed by atoms with Crippen LogP contribution in [0.2, 0.25) is 0 Å². The minimum Gasteiger partial charge on any atom is -0.344 e.